The summed E-state index contributed by atoms with van der Waals surface area (Å²) in [6, 6.07) is 0. The van der Waals surface area contributed by atoms with Crippen molar-refractivity contribution in [2.24, 2.45) is 5.73 Å². The van der Waals surface area contributed by atoms with Crippen LogP contribution >= 0.6 is 0 Å². The van der Waals surface area contributed by atoms with Gasteiger partial charge in [0.05, 0.1) is 12.7 Å². The molecule has 0 bridgehead atoms. The smallest absolute Gasteiger partial charge is 0.171 e. The van der Waals surface area contributed by atoms with Gasteiger partial charge in [-0.3, -0.25) is 5.73 Å². The molecule has 0 fully saturated rings. The molecule has 0 saturated carbocycles. The molecule has 8 N–H and O–H groups in total. The maximum absolute atomic E-state index is 9.84. The minimum atomic E-state index is -2.59. The fourth-order valence-electron chi connectivity index (χ4n) is 2.18. The van der Waals surface area contributed by atoms with Crippen LogP contribution in [0.15, 0.2) is 0 Å². The quantitative estimate of drug-likeness (QED) is 0.177. The average molecular weight is 309 g/mol. The number of hydrogen-bond acceptors (Lipinski definition) is 7. The van der Waals surface area contributed by atoms with Crippen molar-refractivity contribution in [3.63, 3.8) is 0 Å². The van der Waals surface area contributed by atoms with Crippen LogP contribution in [0.1, 0.15) is 51.9 Å². The zero-order chi connectivity index (χ0) is 16.5. The lowest BCUT2D eigenvalue weighted by Crippen LogP contribution is -2.66. The molecule has 0 heterocycles. The SMILES string of the molecule is CCCCCCCCC(O)[C@H](O)[C@@](N)(O)[C@H](O)[C@H](O)CO. The Labute approximate surface area is 126 Å². The van der Waals surface area contributed by atoms with Crippen LogP contribution in [0.4, 0.5) is 0 Å². The van der Waals surface area contributed by atoms with Crippen molar-refractivity contribution in [2.45, 2.75) is 82.0 Å². The second-order valence-corrected chi connectivity index (χ2v) is 5.65. The summed E-state index contributed by atoms with van der Waals surface area (Å²) in [5.41, 5.74) is 2.78. The van der Waals surface area contributed by atoms with Crippen LogP contribution in [-0.2, 0) is 0 Å². The van der Waals surface area contributed by atoms with Gasteiger partial charge in [0.15, 0.2) is 5.72 Å². The molecule has 5 atom stereocenters. The van der Waals surface area contributed by atoms with Crippen molar-refractivity contribution in [1.29, 1.82) is 0 Å². The lowest BCUT2D eigenvalue weighted by atomic mass is 9.91. The standard InChI is InChI=1S/C14H31NO6/c1-2-3-4-5-6-7-8-10(17)12(19)14(15,21)13(20)11(18)9-16/h10-13,16-21H,2-9,15H2,1H3/t10?,11-,12+,13-,14-/m1/s1. The van der Waals surface area contributed by atoms with Gasteiger partial charge in [0.1, 0.15) is 18.3 Å². The van der Waals surface area contributed by atoms with E-state index in [0.717, 1.165) is 25.7 Å². The molecule has 21 heavy (non-hydrogen) atoms. The molecule has 0 rings (SSSR count). The van der Waals surface area contributed by atoms with E-state index in [0.29, 0.717) is 6.42 Å². The highest BCUT2D eigenvalue weighted by Crippen LogP contribution is 2.19. The molecule has 7 heteroatoms. The van der Waals surface area contributed by atoms with Crippen molar-refractivity contribution in [3.8, 4) is 0 Å². The van der Waals surface area contributed by atoms with E-state index in [-0.39, 0.29) is 6.42 Å². The zero-order valence-corrected chi connectivity index (χ0v) is 12.7. The molecule has 0 aliphatic carbocycles. The fraction of sp³-hybridized carbons (Fsp3) is 1.00. The second-order valence-electron chi connectivity index (χ2n) is 5.65. The number of hydrogen-bond donors (Lipinski definition) is 7. The first kappa shape index (κ1) is 20.7. The molecular formula is C14H31NO6. The Balaban J connectivity index is 4.19. The first-order chi connectivity index (χ1) is 9.78. The number of unbranched alkanes of at least 4 members (excludes halogenated alkanes) is 5. The minimum absolute atomic E-state index is 0.231. The van der Waals surface area contributed by atoms with E-state index in [1.165, 1.54) is 6.42 Å². The lowest BCUT2D eigenvalue weighted by Gasteiger charge is -2.37. The Morgan fingerprint density at radius 3 is 1.86 bits per heavy atom. The van der Waals surface area contributed by atoms with Crippen LogP contribution in [0.2, 0.25) is 0 Å². The third-order valence-corrected chi connectivity index (χ3v) is 3.72. The highest BCUT2D eigenvalue weighted by molar-refractivity contribution is 4.94. The Kier molecular flexibility index (Phi) is 10.3. The number of aliphatic hydroxyl groups excluding tert-OH is 5. The predicted octanol–water partition coefficient (Wildman–Crippen LogP) is -1.18. The summed E-state index contributed by atoms with van der Waals surface area (Å²) in [5.74, 6) is 0. The van der Waals surface area contributed by atoms with Crippen LogP contribution in [0.3, 0.4) is 0 Å². The number of rotatable bonds is 12. The molecule has 0 aromatic rings. The topological polar surface area (TPSA) is 147 Å². The Morgan fingerprint density at radius 1 is 0.857 bits per heavy atom. The highest BCUT2D eigenvalue weighted by Gasteiger charge is 2.45. The minimum Gasteiger partial charge on any atom is -0.394 e. The molecule has 0 saturated heterocycles. The van der Waals surface area contributed by atoms with E-state index in [4.69, 9.17) is 10.8 Å². The summed E-state index contributed by atoms with van der Waals surface area (Å²) in [4.78, 5) is 0. The third-order valence-electron chi connectivity index (χ3n) is 3.72. The average Bonchev–Trinajstić information content (AvgIpc) is 2.47. The van der Waals surface area contributed by atoms with Crippen molar-refractivity contribution in [3.05, 3.63) is 0 Å². The first-order valence-electron chi connectivity index (χ1n) is 7.63. The molecule has 0 aromatic carbocycles. The third kappa shape index (κ3) is 7.01. The lowest BCUT2D eigenvalue weighted by molar-refractivity contribution is -0.202. The van der Waals surface area contributed by atoms with Crippen molar-refractivity contribution < 1.29 is 30.6 Å². The van der Waals surface area contributed by atoms with E-state index in [1.54, 1.807) is 0 Å². The maximum Gasteiger partial charge on any atom is 0.171 e. The summed E-state index contributed by atoms with van der Waals surface area (Å²) in [5, 5.41) is 57.0. The van der Waals surface area contributed by atoms with Gasteiger partial charge in [-0.1, -0.05) is 45.4 Å². The molecule has 7 nitrogen and oxygen atoms in total. The summed E-state index contributed by atoms with van der Waals surface area (Å²) < 4.78 is 0. The van der Waals surface area contributed by atoms with Gasteiger partial charge in [0.2, 0.25) is 0 Å². The van der Waals surface area contributed by atoms with Crippen LogP contribution in [0.25, 0.3) is 0 Å². The monoisotopic (exact) mass is 309 g/mol. The maximum atomic E-state index is 9.84. The Hall–Kier alpha value is -0.280. The van der Waals surface area contributed by atoms with Gasteiger partial charge in [-0.15, -0.1) is 0 Å². The number of nitrogens with two attached hydrogens (primary N) is 1. The van der Waals surface area contributed by atoms with Crippen LogP contribution < -0.4 is 5.73 Å². The van der Waals surface area contributed by atoms with Gasteiger partial charge in [-0.05, 0) is 6.42 Å². The summed E-state index contributed by atoms with van der Waals surface area (Å²) in [6.45, 7) is 1.30. The molecular weight excluding hydrogens is 278 g/mol. The largest absolute Gasteiger partial charge is 0.394 e. The number of aliphatic hydroxyl groups is 6. The molecule has 0 aliphatic heterocycles. The van der Waals surface area contributed by atoms with E-state index in [2.05, 4.69) is 6.92 Å². The molecule has 0 aliphatic rings. The molecule has 128 valence electrons. The predicted molar refractivity (Wildman–Crippen MR) is 78.2 cm³/mol. The van der Waals surface area contributed by atoms with Gasteiger partial charge >= 0.3 is 0 Å². The van der Waals surface area contributed by atoms with Gasteiger partial charge < -0.3 is 30.6 Å². The molecule has 0 amide bonds. The summed E-state index contributed by atoms with van der Waals surface area (Å²) in [7, 11) is 0. The van der Waals surface area contributed by atoms with Gasteiger partial charge in [0, 0.05) is 0 Å². The van der Waals surface area contributed by atoms with Crippen molar-refractivity contribution in [1.82, 2.24) is 0 Å². The highest BCUT2D eigenvalue weighted by atomic mass is 16.4. The Bertz CT molecular complexity index is 264. The van der Waals surface area contributed by atoms with Gasteiger partial charge in [-0.2, -0.15) is 0 Å². The Morgan fingerprint density at radius 2 is 1.33 bits per heavy atom. The second kappa shape index (κ2) is 10.4. The van der Waals surface area contributed by atoms with E-state index >= 15 is 0 Å². The van der Waals surface area contributed by atoms with Crippen LogP contribution in [0.5, 0.6) is 0 Å². The van der Waals surface area contributed by atoms with Gasteiger partial charge in [0.25, 0.3) is 0 Å². The molecule has 1 unspecified atom stereocenters. The molecule has 0 radical (unpaired) electrons. The van der Waals surface area contributed by atoms with Crippen LogP contribution in [0, 0.1) is 0 Å². The summed E-state index contributed by atoms with van der Waals surface area (Å²) in [6.07, 6.45) is -0.526. The molecule has 0 aromatic heterocycles. The molecule has 0 spiro atoms. The first-order valence-corrected chi connectivity index (χ1v) is 7.63. The van der Waals surface area contributed by atoms with E-state index in [9.17, 15) is 25.5 Å². The van der Waals surface area contributed by atoms with Gasteiger partial charge in [-0.25, -0.2) is 0 Å². The van der Waals surface area contributed by atoms with E-state index < -0.39 is 36.7 Å². The fourth-order valence-corrected chi connectivity index (χ4v) is 2.18. The normalized spacial score (nSPS) is 20.6. The van der Waals surface area contributed by atoms with Crippen molar-refractivity contribution in [2.75, 3.05) is 6.61 Å². The van der Waals surface area contributed by atoms with Crippen molar-refractivity contribution >= 4 is 0 Å². The zero-order valence-electron chi connectivity index (χ0n) is 12.7. The van der Waals surface area contributed by atoms with Crippen LogP contribution in [-0.4, -0.2) is 67.4 Å². The summed E-state index contributed by atoms with van der Waals surface area (Å²) >= 11 is 0. The van der Waals surface area contributed by atoms with E-state index in [1.807, 2.05) is 0 Å².